The summed E-state index contributed by atoms with van der Waals surface area (Å²) in [5.74, 6) is -0.594. The van der Waals surface area contributed by atoms with Gasteiger partial charge in [-0.2, -0.15) is 0 Å². The topological polar surface area (TPSA) is 104 Å². The minimum Gasteiger partial charge on any atom is -0.359 e. The molecule has 3 atom stereocenters. The van der Waals surface area contributed by atoms with Gasteiger partial charge in [-0.3, -0.25) is 9.59 Å². The van der Waals surface area contributed by atoms with Crippen molar-refractivity contribution in [1.82, 2.24) is 19.3 Å². The number of fused-ring (bicyclic) bond motifs is 1. The highest BCUT2D eigenvalue weighted by atomic mass is 35.5. The average Bonchev–Trinajstić information content (AvgIpc) is 3.22. The third-order valence-corrected chi connectivity index (χ3v) is 6.34. The number of carbonyl (C=O) groups is 2. The molecular formula is C17H27ClN4O5S. The molecule has 0 radical (unpaired) electrons. The Morgan fingerprint density at radius 2 is 2.04 bits per heavy atom. The van der Waals surface area contributed by atoms with Crippen molar-refractivity contribution < 1.29 is 22.5 Å². The monoisotopic (exact) mass is 434 g/mol. The lowest BCUT2D eigenvalue weighted by Gasteiger charge is -2.23. The molecule has 0 N–H and O–H groups in total. The van der Waals surface area contributed by atoms with Gasteiger partial charge in [-0.25, -0.2) is 12.7 Å². The van der Waals surface area contributed by atoms with Crippen LogP contribution in [0.5, 0.6) is 0 Å². The van der Waals surface area contributed by atoms with Crippen LogP contribution >= 0.6 is 12.4 Å². The second-order valence-corrected chi connectivity index (χ2v) is 9.51. The number of amides is 2. The molecule has 2 aliphatic rings. The number of rotatable bonds is 6. The van der Waals surface area contributed by atoms with Crippen molar-refractivity contribution in [3.63, 3.8) is 0 Å². The van der Waals surface area contributed by atoms with E-state index < -0.39 is 16.1 Å². The van der Waals surface area contributed by atoms with Crippen LogP contribution in [-0.4, -0.2) is 79.0 Å². The summed E-state index contributed by atoms with van der Waals surface area (Å²) in [7, 11) is 0.0964. The van der Waals surface area contributed by atoms with E-state index in [2.05, 4.69) is 5.16 Å². The van der Waals surface area contributed by atoms with E-state index in [0.717, 1.165) is 17.0 Å². The molecule has 2 aliphatic heterocycles. The maximum Gasteiger partial charge on any atom is 0.276 e. The minimum absolute atomic E-state index is 0. The molecule has 0 aliphatic carbocycles. The van der Waals surface area contributed by atoms with Crippen LogP contribution in [0.2, 0.25) is 0 Å². The lowest BCUT2D eigenvalue weighted by atomic mass is 9.89. The molecule has 0 spiro atoms. The van der Waals surface area contributed by atoms with E-state index >= 15 is 0 Å². The van der Waals surface area contributed by atoms with Crippen molar-refractivity contribution in [1.29, 1.82) is 0 Å². The third-order valence-electron chi connectivity index (χ3n) is 5.18. The highest BCUT2D eigenvalue weighted by Crippen LogP contribution is 2.40. The van der Waals surface area contributed by atoms with E-state index in [1.54, 1.807) is 11.0 Å². The SMILES string of the molecule is CCC[C@H]1C(=O)N(S(C)(=O)=O)[C@H]2CN(C(=O)c3cc(CN(C)C)on3)C[C@H]12.Cl. The van der Waals surface area contributed by atoms with Gasteiger partial charge in [0.2, 0.25) is 15.9 Å². The number of likely N-dealkylation sites (tertiary alicyclic amines) is 1. The fourth-order valence-corrected chi connectivity index (χ4v) is 5.33. The summed E-state index contributed by atoms with van der Waals surface area (Å²) < 4.78 is 30.5. The fraction of sp³-hybridized carbons (Fsp3) is 0.706. The van der Waals surface area contributed by atoms with E-state index in [-0.39, 0.29) is 48.3 Å². The Balaban J connectivity index is 0.00000280. The minimum atomic E-state index is -3.67. The first-order valence-electron chi connectivity index (χ1n) is 9.06. The molecule has 2 saturated heterocycles. The molecular weight excluding hydrogens is 408 g/mol. The quantitative estimate of drug-likeness (QED) is 0.652. The van der Waals surface area contributed by atoms with Gasteiger partial charge < -0.3 is 14.3 Å². The van der Waals surface area contributed by atoms with Gasteiger partial charge in [0, 0.05) is 31.0 Å². The molecule has 0 unspecified atom stereocenters. The van der Waals surface area contributed by atoms with E-state index in [4.69, 9.17) is 4.52 Å². The van der Waals surface area contributed by atoms with Crippen molar-refractivity contribution in [3.8, 4) is 0 Å². The molecule has 3 heterocycles. The van der Waals surface area contributed by atoms with Gasteiger partial charge in [0.05, 0.1) is 18.8 Å². The molecule has 0 saturated carbocycles. The zero-order valence-corrected chi connectivity index (χ0v) is 18.1. The van der Waals surface area contributed by atoms with Crippen molar-refractivity contribution in [2.45, 2.75) is 32.4 Å². The Bertz CT molecular complexity index is 840. The Kier molecular flexibility index (Phi) is 6.78. The van der Waals surface area contributed by atoms with Crippen LogP contribution in [0.4, 0.5) is 0 Å². The van der Waals surface area contributed by atoms with Gasteiger partial charge >= 0.3 is 0 Å². The van der Waals surface area contributed by atoms with Gasteiger partial charge in [-0.05, 0) is 20.5 Å². The number of hydrogen-bond acceptors (Lipinski definition) is 7. The molecule has 1 aromatic rings. The summed E-state index contributed by atoms with van der Waals surface area (Å²) >= 11 is 0. The van der Waals surface area contributed by atoms with Gasteiger partial charge in [-0.15, -0.1) is 12.4 Å². The van der Waals surface area contributed by atoms with Gasteiger partial charge in [0.25, 0.3) is 5.91 Å². The molecule has 2 amide bonds. The second kappa shape index (κ2) is 8.38. The van der Waals surface area contributed by atoms with E-state index in [1.165, 1.54) is 0 Å². The summed E-state index contributed by atoms with van der Waals surface area (Å²) in [5, 5.41) is 3.85. The summed E-state index contributed by atoms with van der Waals surface area (Å²) in [5.41, 5.74) is 0.205. The first-order valence-corrected chi connectivity index (χ1v) is 10.9. The molecule has 3 rings (SSSR count). The summed E-state index contributed by atoms with van der Waals surface area (Å²) in [4.78, 5) is 28.9. The maximum absolute atomic E-state index is 12.8. The molecule has 0 bridgehead atoms. The number of nitrogens with zero attached hydrogens (tertiary/aromatic N) is 4. The highest BCUT2D eigenvalue weighted by molar-refractivity contribution is 7.88. The van der Waals surface area contributed by atoms with Crippen molar-refractivity contribution in [2.75, 3.05) is 33.4 Å². The van der Waals surface area contributed by atoms with Gasteiger partial charge in [0.15, 0.2) is 11.5 Å². The number of carbonyl (C=O) groups excluding carboxylic acids is 2. The smallest absolute Gasteiger partial charge is 0.276 e. The lowest BCUT2D eigenvalue weighted by Crippen LogP contribution is -2.43. The zero-order chi connectivity index (χ0) is 19.9. The predicted octanol–water partition coefficient (Wildman–Crippen LogP) is 0.817. The summed E-state index contributed by atoms with van der Waals surface area (Å²) in [6.07, 6.45) is 2.44. The van der Waals surface area contributed by atoms with E-state index in [9.17, 15) is 18.0 Å². The molecule has 0 aromatic carbocycles. The van der Waals surface area contributed by atoms with E-state index in [1.807, 2.05) is 25.9 Å². The van der Waals surface area contributed by atoms with Crippen LogP contribution in [0, 0.1) is 11.8 Å². The highest BCUT2D eigenvalue weighted by Gasteiger charge is 2.55. The number of sulfonamides is 1. The first-order chi connectivity index (χ1) is 12.6. The van der Waals surface area contributed by atoms with Crippen LogP contribution in [-0.2, 0) is 21.4 Å². The van der Waals surface area contributed by atoms with Crippen molar-refractivity contribution in [2.24, 2.45) is 11.8 Å². The van der Waals surface area contributed by atoms with Gasteiger partial charge in [0.1, 0.15) is 0 Å². The Morgan fingerprint density at radius 1 is 1.36 bits per heavy atom. The van der Waals surface area contributed by atoms with Crippen molar-refractivity contribution in [3.05, 3.63) is 17.5 Å². The molecule has 1 aromatic heterocycles. The van der Waals surface area contributed by atoms with Crippen LogP contribution in [0.25, 0.3) is 0 Å². The third kappa shape index (κ3) is 4.18. The Labute approximate surface area is 171 Å². The molecule has 11 heteroatoms. The first kappa shape index (κ1) is 22.6. The van der Waals surface area contributed by atoms with E-state index in [0.29, 0.717) is 25.3 Å². The number of halogens is 1. The zero-order valence-electron chi connectivity index (χ0n) is 16.5. The molecule has 158 valence electrons. The number of hydrogen-bond donors (Lipinski definition) is 0. The number of aromatic nitrogens is 1. The van der Waals surface area contributed by atoms with Crippen LogP contribution in [0.3, 0.4) is 0 Å². The van der Waals surface area contributed by atoms with Crippen LogP contribution < -0.4 is 0 Å². The summed E-state index contributed by atoms with van der Waals surface area (Å²) in [6, 6.07) is 1.11. The van der Waals surface area contributed by atoms with Gasteiger partial charge in [-0.1, -0.05) is 18.5 Å². The fourth-order valence-electron chi connectivity index (χ4n) is 4.15. The largest absolute Gasteiger partial charge is 0.359 e. The average molecular weight is 435 g/mol. The lowest BCUT2D eigenvalue weighted by molar-refractivity contribution is -0.128. The van der Waals surface area contributed by atoms with Crippen LogP contribution in [0.15, 0.2) is 10.6 Å². The summed E-state index contributed by atoms with van der Waals surface area (Å²) in [6.45, 7) is 3.03. The predicted molar refractivity (Wildman–Crippen MR) is 104 cm³/mol. The molecule has 2 fully saturated rings. The Hall–Kier alpha value is -1.65. The molecule has 28 heavy (non-hydrogen) atoms. The Morgan fingerprint density at radius 3 is 2.61 bits per heavy atom. The van der Waals surface area contributed by atoms with Crippen LogP contribution in [0.1, 0.15) is 36.0 Å². The standard InChI is InChI=1S/C17H26N4O5S.ClH/c1-5-6-12-13-9-20(10-15(13)21(16(12)22)27(4,24)25)17(23)14-7-11(26-18-14)8-19(2)3;/h7,12-13,15H,5-6,8-10H2,1-4H3;1H/t12-,13-,15+;/m1./s1. The van der Waals surface area contributed by atoms with Crippen molar-refractivity contribution >= 4 is 34.2 Å². The second-order valence-electron chi connectivity index (χ2n) is 7.65. The molecule has 9 nitrogen and oxygen atoms in total. The normalized spacial score (nSPS) is 24.6. The maximum atomic E-state index is 12.8.